The van der Waals surface area contributed by atoms with E-state index in [0.717, 1.165) is 12.8 Å². The van der Waals surface area contributed by atoms with Crippen LogP contribution in [0.15, 0.2) is 11.5 Å². The van der Waals surface area contributed by atoms with E-state index in [0.29, 0.717) is 13.2 Å². The molecule has 0 aromatic heterocycles. The van der Waals surface area contributed by atoms with Gasteiger partial charge in [-0.3, -0.25) is 20.2 Å². The first-order valence-electron chi connectivity index (χ1n) is 6.18. The summed E-state index contributed by atoms with van der Waals surface area (Å²) in [6, 6.07) is -0.950. The van der Waals surface area contributed by atoms with Gasteiger partial charge in [0.25, 0.3) is 5.70 Å². The van der Waals surface area contributed by atoms with Gasteiger partial charge in [0.1, 0.15) is 6.42 Å². The molecule has 0 radical (unpaired) electrons. The van der Waals surface area contributed by atoms with Crippen LogP contribution in [0.25, 0.3) is 0 Å². The van der Waals surface area contributed by atoms with Gasteiger partial charge in [-0.2, -0.15) is 0 Å². The Bertz CT molecular complexity index is 405. The van der Waals surface area contributed by atoms with Gasteiger partial charge in [-0.05, 0) is 12.8 Å². The molecule has 19 heavy (non-hydrogen) atoms. The van der Waals surface area contributed by atoms with Gasteiger partial charge in [0.05, 0.1) is 17.6 Å². The molecule has 2 heterocycles. The van der Waals surface area contributed by atoms with Crippen molar-refractivity contribution >= 4 is 0 Å². The molecule has 0 aliphatic carbocycles. The standard InChI is InChI=1S/C10H16N4O5/c15-13(16)7-4-9(14(17)18)10(11-5-7)12-6-8-2-1-3-19-8/h7-8,11-12H,1-6H2/t7-,8-/m0/s1. The molecule has 0 bridgehead atoms. The summed E-state index contributed by atoms with van der Waals surface area (Å²) in [5.41, 5.74) is -0.161. The van der Waals surface area contributed by atoms with Crippen LogP contribution in [0, 0.1) is 20.2 Å². The maximum atomic E-state index is 10.9. The molecular weight excluding hydrogens is 256 g/mol. The third kappa shape index (κ3) is 3.31. The van der Waals surface area contributed by atoms with Crippen molar-refractivity contribution in [1.82, 2.24) is 10.6 Å². The Morgan fingerprint density at radius 1 is 1.42 bits per heavy atom. The van der Waals surface area contributed by atoms with Gasteiger partial charge >= 0.3 is 0 Å². The number of hydrogen-bond donors (Lipinski definition) is 2. The molecule has 2 aliphatic rings. The summed E-state index contributed by atoms with van der Waals surface area (Å²) in [5, 5.41) is 27.3. The summed E-state index contributed by atoms with van der Waals surface area (Å²) in [6.45, 7) is 1.28. The van der Waals surface area contributed by atoms with Crippen molar-refractivity contribution in [2.24, 2.45) is 0 Å². The SMILES string of the molecule is O=[N+]([O-])C1=C(NC[C@@H]2CCCO2)NC[C@@H]([N+](=O)[O-])C1. The summed E-state index contributed by atoms with van der Waals surface area (Å²) in [6.07, 6.45) is 1.80. The van der Waals surface area contributed by atoms with Gasteiger partial charge in [0.15, 0.2) is 5.82 Å². The van der Waals surface area contributed by atoms with Crippen LogP contribution in [-0.4, -0.2) is 41.7 Å². The molecule has 2 rings (SSSR count). The van der Waals surface area contributed by atoms with Gasteiger partial charge in [0.2, 0.25) is 6.04 Å². The predicted molar refractivity (Wildman–Crippen MR) is 64.4 cm³/mol. The molecule has 2 aliphatic heterocycles. The average molecular weight is 272 g/mol. The van der Waals surface area contributed by atoms with E-state index in [4.69, 9.17) is 4.74 Å². The van der Waals surface area contributed by atoms with Crippen molar-refractivity contribution in [3.05, 3.63) is 31.7 Å². The fourth-order valence-corrected chi connectivity index (χ4v) is 2.22. The van der Waals surface area contributed by atoms with Gasteiger partial charge < -0.3 is 15.4 Å². The molecular formula is C10H16N4O5. The lowest BCUT2D eigenvalue weighted by Gasteiger charge is -2.21. The van der Waals surface area contributed by atoms with Crippen LogP contribution in [0.3, 0.4) is 0 Å². The molecule has 0 spiro atoms. The molecule has 0 saturated carbocycles. The zero-order valence-corrected chi connectivity index (χ0v) is 10.3. The summed E-state index contributed by atoms with van der Waals surface area (Å²) in [7, 11) is 0. The van der Waals surface area contributed by atoms with Crippen LogP contribution < -0.4 is 10.6 Å². The molecule has 9 nitrogen and oxygen atoms in total. The number of nitrogens with zero attached hydrogens (tertiary/aromatic N) is 2. The van der Waals surface area contributed by atoms with E-state index < -0.39 is 15.9 Å². The highest BCUT2D eigenvalue weighted by Gasteiger charge is 2.35. The monoisotopic (exact) mass is 272 g/mol. The van der Waals surface area contributed by atoms with Gasteiger partial charge in [-0.15, -0.1) is 0 Å². The van der Waals surface area contributed by atoms with Crippen LogP contribution in [0.4, 0.5) is 0 Å². The third-order valence-corrected chi connectivity index (χ3v) is 3.28. The minimum absolute atomic E-state index is 0.0514. The highest BCUT2D eigenvalue weighted by atomic mass is 16.6. The lowest BCUT2D eigenvalue weighted by molar-refractivity contribution is -0.529. The van der Waals surface area contributed by atoms with Crippen molar-refractivity contribution in [3.8, 4) is 0 Å². The van der Waals surface area contributed by atoms with E-state index in [1.165, 1.54) is 0 Å². The average Bonchev–Trinajstić information content (AvgIpc) is 2.89. The lowest BCUT2D eigenvalue weighted by Crippen LogP contribution is -2.44. The van der Waals surface area contributed by atoms with Crippen LogP contribution in [-0.2, 0) is 4.74 Å². The number of nitrogens with one attached hydrogen (secondary N) is 2. The van der Waals surface area contributed by atoms with E-state index in [9.17, 15) is 20.2 Å². The fraction of sp³-hybridized carbons (Fsp3) is 0.800. The van der Waals surface area contributed by atoms with E-state index >= 15 is 0 Å². The molecule has 1 saturated heterocycles. The molecule has 0 aromatic rings. The molecule has 0 unspecified atom stereocenters. The molecule has 2 N–H and O–H groups in total. The quantitative estimate of drug-likeness (QED) is 0.527. The second-order valence-corrected chi connectivity index (χ2v) is 4.62. The first kappa shape index (κ1) is 13.5. The van der Waals surface area contributed by atoms with Crippen molar-refractivity contribution in [2.75, 3.05) is 19.7 Å². The Hall–Kier alpha value is -1.90. The van der Waals surface area contributed by atoms with E-state index in [-0.39, 0.29) is 30.6 Å². The maximum absolute atomic E-state index is 10.9. The first-order chi connectivity index (χ1) is 9.08. The topological polar surface area (TPSA) is 120 Å². The second kappa shape index (κ2) is 5.83. The fourth-order valence-electron chi connectivity index (χ4n) is 2.22. The van der Waals surface area contributed by atoms with E-state index in [1.54, 1.807) is 0 Å². The smallest absolute Gasteiger partial charge is 0.292 e. The van der Waals surface area contributed by atoms with Crippen LogP contribution in [0.2, 0.25) is 0 Å². The van der Waals surface area contributed by atoms with Crippen molar-refractivity contribution in [1.29, 1.82) is 0 Å². The molecule has 0 amide bonds. The zero-order valence-electron chi connectivity index (χ0n) is 10.3. The van der Waals surface area contributed by atoms with Gasteiger partial charge in [-0.1, -0.05) is 0 Å². The number of rotatable bonds is 5. The lowest BCUT2D eigenvalue weighted by atomic mass is 10.1. The minimum Gasteiger partial charge on any atom is -0.376 e. The van der Waals surface area contributed by atoms with Crippen LogP contribution in [0.5, 0.6) is 0 Å². The summed E-state index contributed by atoms with van der Waals surface area (Å²) in [5.74, 6) is 0.276. The van der Waals surface area contributed by atoms with Crippen LogP contribution in [0.1, 0.15) is 19.3 Å². The largest absolute Gasteiger partial charge is 0.376 e. The van der Waals surface area contributed by atoms with Crippen molar-refractivity contribution in [3.63, 3.8) is 0 Å². The normalized spacial score (nSPS) is 26.9. The number of nitro groups is 2. The first-order valence-corrected chi connectivity index (χ1v) is 6.18. The molecule has 1 fully saturated rings. The molecule has 2 atom stereocenters. The predicted octanol–water partition coefficient (Wildman–Crippen LogP) is -0.161. The highest BCUT2D eigenvalue weighted by molar-refractivity contribution is 5.09. The maximum Gasteiger partial charge on any atom is 0.292 e. The second-order valence-electron chi connectivity index (χ2n) is 4.62. The van der Waals surface area contributed by atoms with Crippen molar-refractivity contribution in [2.45, 2.75) is 31.4 Å². The number of ether oxygens (including phenoxy) is 1. The van der Waals surface area contributed by atoms with Gasteiger partial charge in [-0.25, -0.2) is 0 Å². The number of hydrogen-bond acceptors (Lipinski definition) is 7. The Kier molecular flexibility index (Phi) is 4.15. The minimum atomic E-state index is -0.950. The highest BCUT2D eigenvalue weighted by Crippen LogP contribution is 2.17. The summed E-state index contributed by atoms with van der Waals surface area (Å²) in [4.78, 5) is 20.6. The van der Waals surface area contributed by atoms with Crippen LogP contribution >= 0.6 is 0 Å². The van der Waals surface area contributed by atoms with E-state index in [2.05, 4.69) is 10.6 Å². The molecule has 106 valence electrons. The Labute approximate surface area is 109 Å². The molecule has 9 heteroatoms. The Morgan fingerprint density at radius 2 is 2.21 bits per heavy atom. The van der Waals surface area contributed by atoms with Crippen molar-refractivity contribution < 1.29 is 14.6 Å². The van der Waals surface area contributed by atoms with Gasteiger partial charge in [0, 0.05) is 18.1 Å². The Balaban J connectivity index is 2.00. The summed E-state index contributed by atoms with van der Waals surface area (Å²) >= 11 is 0. The Morgan fingerprint density at radius 3 is 2.79 bits per heavy atom. The van der Waals surface area contributed by atoms with E-state index in [1.807, 2.05) is 0 Å². The zero-order chi connectivity index (χ0) is 13.8. The molecule has 0 aromatic carbocycles. The third-order valence-electron chi connectivity index (χ3n) is 3.28. The summed E-state index contributed by atoms with van der Waals surface area (Å²) < 4.78 is 5.41.